The summed E-state index contributed by atoms with van der Waals surface area (Å²) in [6, 6.07) is 17.2. The molecule has 0 saturated carbocycles. The molecule has 3 rings (SSSR count). The van der Waals surface area contributed by atoms with Gasteiger partial charge in [0.25, 0.3) is 0 Å². The maximum Gasteiger partial charge on any atom is 0.0484 e. The van der Waals surface area contributed by atoms with E-state index < -0.39 is 0 Å². The first kappa shape index (κ1) is 12.0. The van der Waals surface area contributed by atoms with E-state index in [0.29, 0.717) is 6.54 Å². The van der Waals surface area contributed by atoms with Crippen LogP contribution in [0.25, 0.3) is 22.0 Å². The van der Waals surface area contributed by atoms with Crippen LogP contribution >= 0.6 is 0 Å². The summed E-state index contributed by atoms with van der Waals surface area (Å²) < 4.78 is 2.18. The Morgan fingerprint density at radius 1 is 1.05 bits per heavy atom. The van der Waals surface area contributed by atoms with Gasteiger partial charge < -0.3 is 10.3 Å². The van der Waals surface area contributed by atoms with Crippen molar-refractivity contribution in [2.24, 2.45) is 12.8 Å². The molecule has 0 aliphatic rings. The number of para-hydroxylation sites is 1. The lowest BCUT2D eigenvalue weighted by Crippen LogP contribution is -2.02. The van der Waals surface area contributed by atoms with Crippen LogP contribution in [0.3, 0.4) is 0 Å². The average molecular weight is 250 g/mol. The third-order valence-electron chi connectivity index (χ3n) is 3.57. The molecule has 0 aliphatic carbocycles. The van der Waals surface area contributed by atoms with E-state index in [1.165, 1.54) is 27.6 Å². The summed E-state index contributed by atoms with van der Waals surface area (Å²) >= 11 is 0. The lowest BCUT2D eigenvalue weighted by molar-refractivity contribution is 0.966. The lowest BCUT2D eigenvalue weighted by Gasteiger charge is -2.03. The maximum absolute atomic E-state index is 5.64. The molecule has 0 bridgehead atoms. The SMILES string of the molecule is Cn1cc(-c2cccc(CCN)c2)c2ccccc21. The molecule has 3 aromatic rings. The quantitative estimate of drug-likeness (QED) is 0.759. The summed E-state index contributed by atoms with van der Waals surface area (Å²) in [4.78, 5) is 0. The zero-order chi connectivity index (χ0) is 13.2. The number of fused-ring (bicyclic) bond motifs is 1. The van der Waals surface area contributed by atoms with Gasteiger partial charge in [0.1, 0.15) is 0 Å². The van der Waals surface area contributed by atoms with Crippen LogP contribution in [0.5, 0.6) is 0 Å². The van der Waals surface area contributed by atoms with Crippen LogP contribution in [-0.2, 0) is 13.5 Å². The molecule has 0 amide bonds. The Hall–Kier alpha value is -2.06. The van der Waals surface area contributed by atoms with Crippen molar-refractivity contribution in [1.82, 2.24) is 4.57 Å². The highest BCUT2D eigenvalue weighted by atomic mass is 14.9. The Bertz CT molecular complexity index is 710. The molecule has 0 atom stereocenters. The van der Waals surface area contributed by atoms with Crippen LogP contribution in [0, 0.1) is 0 Å². The molecule has 96 valence electrons. The Labute approximate surface area is 113 Å². The third-order valence-corrected chi connectivity index (χ3v) is 3.57. The molecule has 0 fully saturated rings. The molecule has 1 aromatic heterocycles. The molecule has 0 aliphatic heterocycles. The highest BCUT2D eigenvalue weighted by Gasteiger charge is 2.08. The summed E-state index contributed by atoms with van der Waals surface area (Å²) in [6.45, 7) is 0.693. The fraction of sp³-hybridized carbons (Fsp3) is 0.176. The minimum absolute atomic E-state index is 0.693. The van der Waals surface area contributed by atoms with E-state index in [2.05, 4.69) is 66.3 Å². The minimum Gasteiger partial charge on any atom is -0.350 e. The molecule has 0 radical (unpaired) electrons. The second-order valence-corrected chi connectivity index (χ2v) is 4.91. The molecule has 0 spiro atoms. The van der Waals surface area contributed by atoms with Crippen molar-refractivity contribution in [3.63, 3.8) is 0 Å². The van der Waals surface area contributed by atoms with E-state index in [-0.39, 0.29) is 0 Å². The largest absolute Gasteiger partial charge is 0.350 e. The van der Waals surface area contributed by atoms with Crippen LogP contribution in [0.4, 0.5) is 0 Å². The second kappa shape index (κ2) is 4.90. The van der Waals surface area contributed by atoms with Crippen molar-refractivity contribution in [1.29, 1.82) is 0 Å². The van der Waals surface area contributed by atoms with E-state index in [9.17, 15) is 0 Å². The minimum atomic E-state index is 0.693. The molecule has 2 N–H and O–H groups in total. The standard InChI is InChI=1S/C17H18N2/c1-19-12-16(15-7-2-3-8-17(15)19)14-6-4-5-13(11-14)9-10-18/h2-8,11-12H,9-10,18H2,1H3. The van der Waals surface area contributed by atoms with Crippen molar-refractivity contribution in [3.8, 4) is 11.1 Å². The van der Waals surface area contributed by atoms with Gasteiger partial charge in [-0.05, 0) is 30.2 Å². The monoisotopic (exact) mass is 250 g/mol. The average Bonchev–Trinajstić information content (AvgIpc) is 2.78. The summed E-state index contributed by atoms with van der Waals surface area (Å²) in [5.41, 5.74) is 10.8. The van der Waals surface area contributed by atoms with Gasteiger partial charge in [0.2, 0.25) is 0 Å². The van der Waals surface area contributed by atoms with Gasteiger partial charge in [0.05, 0.1) is 0 Å². The van der Waals surface area contributed by atoms with E-state index in [4.69, 9.17) is 5.73 Å². The number of rotatable bonds is 3. The summed E-state index contributed by atoms with van der Waals surface area (Å²) in [5.74, 6) is 0. The van der Waals surface area contributed by atoms with Gasteiger partial charge in [0, 0.05) is 29.7 Å². The van der Waals surface area contributed by atoms with Crippen LogP contribution in [-0.4, -0.2) is 11.1 Å². The van der Waals surface area contributed by atoms with Crippen LogP contribution in [0.2, 0.25) is 0 Å². The van der Waals surface area contributed by atoms with Gasteiger partial charge >= 0.3 is 0 Å². The van der Waals surface area contributed by atoms with Crippen molar-refractivity contribution >= 4 is 10.9 Å². The van der Waals surface area contributed by atoms with Gasteiger partial charge in [-0.3, -0.25) is 0 Å². The normalized spacial score (nSPS) is 11.1. The van der Waals surface area contributed by atoms with Crippen molar-refractivity contribution in [2.75, 3.05) is 6.54 Å². The molecular formula is C17H18N2. The second-order valence-electron chi connectivity index (χ2n) is 4.91. The fourth-order valence-corrected chi connectivity index (χ4v) is 2.63. The fourth-order valence-electron chi connectivity index (χ4n) is 2.63. The first-order chi connectivity index (χ1) is 9.29. The zero-order valence-electron chi connectivity index (χ0n) is 11.1. The first-order valence-electron chi connectivity index (χ1n) is 6.63. The first-order valence-corrected chi connectivity index (χ1v) is 6.63. The zero-order valence-corrected chi connectivity index (χ0v) is 11.1. The van der Waals surface area contributed by atoms with Crippen molar-refractivity contribution in [2.45, 2.75) is 6.42 Å². The summed E-state index contributed by atoms with van der Waals surface area (Å²) in [6.07, 6.45) is 3.13. The number of aryl methyl sites for hydroxylation is 1. The molecule has 19 heavy (non-hydrogen) atoms. The van der Waals surface area contributed by atoms with Gasteiger partial charge in [-0.2, -0.15) is 0 Å². The van der Waals surface area contributed by atoms with E-state index in [1.807, 2.05) is 0 Å². The Balaban J connectivity index is 2.16. The highest BCUT2D eigenvalue weighted by molar-refractivity contribution is 5.96. The number of hydrogen-bond acceptors (Lipinski definition) is 1. The number of nitrogens with zero attached hydrogens (tertiary/aromatic N) is 1. The number of nitrogens with two attached hydrogens (primary N) is 1. The van der Waals surface area contributed by atoms with Gasteiger partial charge in [-0.1, -0.05) is 42.5 Å². The van der Waals surface area contributed by atoms with Crippen LogP contribution < -0.4 is 5.73 Å². The van der Waals surface area contributed by atoms with Crippen molar-refractivity contribution in [3.05, 3.63) is 60.3 Å². The Morgan fingerprint density at radius 2 is 1.89 bits per heavy atom. The maximum atomic E-state index is 5.64. The van der Waals surface area contributed by atoms with Crippen LogP contribution in [0.1, 0.15) is 5.56 Å². The van der Waals surface area contributed by atoms with Crippen molar-refractivity contribution < 1.29 is 0 Å². The lowest BCUT2D eigenvalue weighted by atomic mass is 10.0. The van der Waals surface area contributed by atoms with Crippen LogP contribution in [0.15, 0.2) is 54.7 Å². The molecule has 1 heterocycles. The highest BCUT2D eigenvalue weighted by Crippen LogP contribution is 2.30. The van der Waals surface area contributed by atoms with E-state index in [1.54, 1.807) is 0 Å². The third kappa shape index (κ3) is 2.15. The summed E-state index contributed by atoms with van der Waals surface area (Å²) in [5, 5.41) is 1.30. The molecule has 2 nitrogen and oxygen atoms in total. The molecule has 2 heteroatoms. The molecule has 0 saturated heterocycles. The number of aromatic nitrogens is 1. The molecule has 2 aromatic carbocycles. The summed E-state index contributed by atoms with van der Waals surface area (Å²) in [7, 11) is 2.09. The smallest absolute Gasteiger partial charge is 0.0484 e. The van der Waals surface area contributed by atoms with Gasteiger partial charge in [-0.25, -0.2) is 0 Å². The predicted octanol–water partition coefficient (Wildman–Crippen LogP) is 3.35. The Kier molecular flexibility index (Phi) is 3.10. The topological polar surface area (TPSA) is 30.9 Å². The van der Waals surface area contributed by atoms with Gasteiger partial charge in [0.15, 0.2) is 0 Å². The Morgan fingerprint density at radius 3 is 2.74 bits per heavy atom. The van der Waals surface area contributed by atoms with E-state index >= 15 is 0 Å². The molecular weight excluding hydrogens is 232 g/mol. The van der Waals surface area contributed by atoms with E-state index in [0.717, 1.165) is 6.42 Å². The molecule has 0 unspecified atom stereocenters. The number of benzene rings is 2. The van der Waals surface area contributed by atoms with Gasteiger partial charge in [-0.15, -0.1) is 0 Å². The number of hydrogen-bond donors (Lipinski definition) is 1. The predicted molar refractivity (Wildman–Crippen MR) is 81.1 cm³/mol.